The van der Waals surface area contributed by atoms with Crippen LogP contribution >= 0.6 is 11.6 Å². The third-order valence-electron chi connectivity index (χ3n) is 8.11. The summed E-state index contributed by atoms with van der Waals surface area (Å²) in [5.74, 6) is 0.437. The molecule has 9 nitrogen and oxygen atoms in total. The third kappa shape index (κ3) is 5.63. The lowest BCUT2D eigenvalue weighted by molar-refractivity contribution is 0.0118. The molecule has 208 valence electrons. The molecule has 0 spiro atoms. The maximum absolute atomic E-state index is 12.7. The van der Waals surface area contributed by atoms with Crippen LogP contribution in [-0.4, -0.2) is 69.8 Å². The van der Waals surface area contributed by atoms with Crippen molar-refractivity contribution in [3.05, 3.63) is 83.0 Å². The molecular weight excluding hydrogens is 526 g/mol. The lowest BCUT2D eigenvalue weighted by Crippen LogP contribution is -2.43. The minimum absolute atomic E-state index is 0.0407. The Hall–Kier alpha value is -3.66. The van der Waals surface area contributed by atoms with Gasteiger partial charge in [-0.1, -0.05) is 23.7 Å². The highest BCUT2D eigenvalue weighted by atomic mass is 35.5. The van der Waals surface area contributed by atoms with E-state index in [2.05, 4.69) is 32.6 Å². The van der Waals surface area contributed by atoms with E-state index in [4.69, 9.17) is 16.6 Å². The van der Waals surface area contributed by atoms with Crippen LogP contribution in [0.3, 0.4) is 0 Å². The van der Waals surface area contributed by atoms with Crippen molar-refractivity contribution in [3.63, 3.8) is 0 Å². The van der Waals surface area contributed by atoms with Crippen molar-refractivity contribution >= 4 is 40.5 Å². The Bertz CT molecular complexity index is 1470. The molecule has 3 N–H and O–H groups in total. The van der Waals surface area contributed by atoms with Crippen molar-refractivity contribution in [1.82, 2.24) is 24.8 Å². The van der Waals surface area contributed by atoms with E-state index in [9.17, 15) is 9.90 Å². The Morgan fingerprint density at radius 2 is 1.70 bits per heavy atom. The fourth-order valence-corrected chi connectivity index (χ4v) is 5.74. The second-order valence-corrected chi connectivity index (χ2v) is 11.3. The van der Waals surface area contributed by atoms with Crippen molar-refractivity contribution in [1.29, 1.82) is 0 Å². The summed E-state index contributed by atoms with van der Waals surface area (Å²) in [4.78, 5) is 22.0. The van der Waals surface area contributed by atoms with Gasteiger partial charge in [0.1, 0.15) is 0 Å². The van der Waals surface area contributed by atoms with Crippen LogP contribution in [0.1, 0.15) is 41.6 Å². The summed E-state index contributed by atoms with van der Waals surface area (Å²) in [5, 5.41) is 23.0. The zero-order valence-corrected chi connectivity index (χ0v) is 23.3. The number of nitrogens with zero attached hydrogens (tertiary/aromatic N) is 5. The number of benzene rings is 2. The first kappa shape index (κ1) is 26.6. The summed E-state index contributed by atoms with van der Waals surface area (Å²) in [6.07, 6.45) is 5.04. The topological polar surface area (TPSA) is 98.0 Å². The second-order valence-electron chi connectivity index (χ2n) is 10.9. The quantitative estimate of drug-likeness (QED) is 0.321. The Kier molecular flexibility index (Phi) is 7.35. The number of aromatic nitrogens is 3. The highest BCUT2D eigenvalue weighted by Gasteiger charge is 2.34. The van der Waals surface area contributed by atoms with Gasteiger partial charge in [0.15, 0.2) is 5.65 Å². The zero-order valence-electron chi connectivity index (χ0n) is 22.6. The molecule has 0 aliphatic carbocycles. The number of nitrogens with one attached hydrogen (secondary N) is 2. The minimum Gasteiger partial charge on any atom is -0.385 e. The van der Waals surface area contributed by atoms with E-state index in [1.54, 1.807) is 4.52 Å². The molecule has 10 heteroatoms. The van der Waals surface area contributed by atoms with Crippen LogP contribution in [0, 0.1) is 0 Å². The molecule has 2 aromatic heterocycles. The highest BCUT2D eigenvalue weighted by Crippen LogP contribution is 2.36. The normalized spacial score (nSPS) is 18.1. The summed E-state index contributed by atoms with van der Waals surface area (Å²) in [6, 6.07) is 19.1. The number of pyridine rings is 1. The number of hydrogen-bond donors (Lipinski definition) is 3. The average Bonchev–Trinajstić information content (AvgIpc) is 3.38. The maximum Gasteiger partial charge on any atom is 0.251 e. The van der Waals surface area contributed by atoms with Crippen LogP contribution in [0.15, 0.2) is 66.9 Å². The van der Waals surface area contributed by atoms with Crippen LogP contribution < -0.4 is 15.5 Å². The molecule has 4 aromatic rings. The van der Waals surface area contributed by atoms with Crippen molar-refractivity contribution in [3.8, 4) is 0 Å². The largest absolute Gasteiger partial charge is 0.385 e. The number of halogens is 1. The molecule has 2 saturated heterocycles. The van der Waals surface area contributed by atoms with E-state index in [-0.39, 0.29) is 11.9 Å². The van der Waals surface area contributed by atoms with Gasteiger partial charge in [-0.3, -0.25) is 4.79 Å². The van der Waals surface area contributed by atoms with Gasteiger partial charge in [-0.15, -0.1) is 5.10 Å². The van der Waals surface area contributed by atoms with Gasteiger partial charge in [0, 0.05) is 41.6 Å². The summed E-state index contributed by atoms with van der Waals surface area (Å²) in [7, 11) is 2.11. The SMILES string of the molecule is CN1CCC(NC(=O)c2ccc(Nc3nc4c(N5CCC(O)(c6ccc(Cl)cc6)CC5)cccn4n3)cc2)CC1. The number of aliphatic hydroxyl groups is 1. The standard InChI is InChI=1S/C30H34ClN7O2/c1-36-17-12-25(13-18-36)32-28(39)21-4-10-24(11-5-21)33-29-34-27-26(3-2-16-38(27)35-29)37-19-14-30(40,15-20-37)22-6-8-23(31)9-7-22/h2-11,16,25,40H,12-15,17-20H2,1H3,(H,32,39)(H,33,35). The van der Waals surface area contributed by atoms with E-state index in [1.807, 2.05) is 66.9 Å². The molecule has 2 aliphatic heterocycles. The fraction of sp³-hybridized carbons (Fsp3) is 0.367. The Morgan fingerprint density at radius 1 is 1.00 bits per heavy atom. The summed E-state index contributed by atoms with van der Waals surface area (Å²) >= 11 is 6.04. The number of anilines is 3. The molecule has 6 rings (SSSR count). The number of piperidine rings is 2. The number of carbonyl (C=O) groups is 1. The summed E-state index contributed by atoms with van der Waals surface area (Å²) < 4.78 is 1.76. The van der Waals surface area contributed by atoms with Gasteiger partial charge < -0.3 is 25.5 Å². The molecule has 0 bridgehead atoms. The molecule has 2 fully saturated rings. The van der Waals surface area contributed by atoms with Gasteiger partial charge in [-0.05, 0) is 99.9 Å². The predicted octanol–water partition coefficient (Wildman–Crippen LogP) is 4.44. The zero-order chi connectivity index (χ0) is 27.7. The lowest BCUT2D eigenvalue weighted by Gasteiger charge is -2.39. The predicted molar refractivity (Wildman–Crippen MR) is 157 cm³/mol. The van der Waals surface area contributed by atoms with Crippen molar-refractivity contribution in [2.75, 3.05) is 43.4 Å². The first-order valence-corrected chi connectivity index (χ1v) is 14.2. The van der Waals surface area contributed by atoms with E-state index in [1.165, 1.54) is 0 Å². The molecule has 0 atom stereocenters. The summed E-state index contributed by atoms with van der Waals surface area (Å²) in [6.45, 7) is 3.39. The van der Waals surface area contributed by atoms with Crippen LogP contribution in [0.5, 0.6) is 0 Å². The number of fused-ring (bicyclic) bond motifs is 1. The van der Waals surface area contributed by atoms with E-state index >= 15 is 0 Å². The van der Waals surface area contributed by atoms with Gasteiger partial charge >= 0.3 is 0 Å². The van der Waals surface area contributed by atoms with Gasteiger partial charge in [0.25, 0.3) is 5.91 Å². The molecule has 2 aliphatic rings. The van der Waals surface area contributed by atoms with Crippen LogP contribution in [0.25, 0.3) is 5.65 Å². The lowest BCUT2D eigenvalue weighted by atomic mass is 9.84. The van der Waals surface area contributed by atoms with Crippen molar-refractivity contribution in [2.45, 2.75) is 37.3 Å². The monoisotopic (exact) mass is 559 g/mol. The van der Waals surface area contributed by atoms with Crippen LogP contribution in [-0.2, 0) is 5.60 Å². The first-order chi connectivity index (χ1) is 19.4. The molecule has 4 heterocycles. The third-order valence-corrected chi connectivity index (χ3v) is 8.36. The number of carbonyl (C=O) groups excluding carboxylic acids is 1. The van der Waals surface area contributed by atoms with Crippen LogP contribution in [0.2, 0.25) is 5.02 Å². The first-order valence-electron chi connectivity index (χ1n) is 13.8. The molecule has 2 aromatic carbocycles. The Morgan fingerprint density at radius 3 is 2.40 bits per heavy atom. The van der Waals surface area contributed by atoms with Crippen molar-refractivity contribution < 1.29 is 9.90 Å². The number of amides is 1. The molecule has 0 saturated carbocycles. The van der Waals surface area contributed by atoms with E-state index < -0.39 is 5.60 Å². The molecule has 1 amide bonds. The smallest absolute Gasteiger partial charge is 0.251 e. The fourth-order valence-electron chi connectivity index (χ4n) is 5.61. The summed E-state index contributed by atoms with van der Waals surface area (Å²) in [5.41, 5.74) is 3.19. The van der Waals surface area contributed by atoms with Crippen LogP contribution in [0.4, 0.5) is 17.3 Å². The van der Waals surface area contributed by atoms with E-state index in [0.717, 1.165) is 48.5 Å². The maximum atomic E-state index is 12.7. The second kappa shape index (κ2) is 11.1. The Labute approximate surface area is 238 Å². The number of likely N-dealkylation sites (tertiary alicyclic amines) is 1. The minimum atomic E-state index is -0.872. The highest BCUT2D eigenvalue weighted by molar-refractivity contribution is 6.30. The molecule has 40 heavy (non-hydrogen) atoms. The average molecular weight is 560 g/mol. The Balaban J connectivity index is 1.11. The molecule has 0 unspecified atom stereocenters. The van der Waals surface area contributed by atoms with Gasteiger partial charge in [0.05, 0.1) is 11.3 Å². The van der Waals surface area contributed by atoms with Gasteiger partial charge in [-0.2, -0.15) is 4.98 Å². The van der Waals surface area contributed by atoms with Gasteiger partial charge in [0.2, 0.25) is 5.95 Å². The van der Waals surface area contributed by atoms with Gasteiger partial charge in [-0.25, -0.2) is 4.52 Å². The van der Waals surface area contributed by atoms with Crippen molar-refractivity contribution in [2.24, 2.45) is 0 Å². The molecule has 0 radical (unpaired) electrons. The number of rotatable bonds is 6. The molecular formula is C30H34ClN7O2. The van der Waals surface area contributed by atoms with E-state index in [0.29, 0.717) is 42.5 Å². The number of hydrogen-bond acceptors (Lipinski definition) is 7.